The van der Waals surface area contributed by atoms with E-state index < -0.39 is 0 Å². The van der Waals surface area contributed by atoms with Crippen molar-refractivity contribution < 1.29 is 0 Å². The topological polar surface area (TPSA) is 17.3 Å². The minimum atomic E-state index is 1.01. The molecule has 1 heterocycles. The number of nitrogens with zero attached hydrogens (tertiary/aromatic N) is 2. The third kappa shape index (κ3) is 2.25. The Kier molecular flexibility index (Phi) is 3.83. The van der Waals surface area contributed by atoms with Crippen LogP contribution in [0.25, 0.3) is 6.08 Å². The van der Waals surface area contributed by atoms with Crippen molar-refractivity contribution in [1.29, 1.82) is 0 Å². The van der Waals surface area contributed by atoms with E-state index in [0.29, 0.717) is 0 Å². The molecular weight excluding hydrogens is 180 g/mol. The predicted molar refractivity (Wildman–Crippen MR) is 61.9 cm³/mol. The summed E-state index contributed by atoms with van der Waals surface area (Å²) >= 11 is 1.65. The van der Waals surface area contributed by atoms with E-state index in [9.17, 15) is 0 Å². The van der Waals surface area contributed by atoms with Gasteiger partial charge in [0.2, 0.25) is 0 Å². The minimum absolute atomic E-state index is 1.01. The van der Waals surface area contributed by atoms with Crippen LogP contribution in [0.1, 0.15) is 19.4 Å². The summed E-state index contributed by atoms with van der Waals surface area (Å²) in [5.41, 5.74) is 1.16. The van der Waals surface area contributed by atoms with E-state index in [0.717, 1.165) is 11.4 Å². The number of hydrogen-bond acceptors (Lipinski definition) is 2. The van der Waals surface area contributed by atoms with Gasteiger partial charge in [-0.2, -0.15) is 0 Å². The van der Waals surface area contributed by atoms with Crippen LogP contribution in [0.3, 0.4) is 0 Å². The van der Waals surface area contributed by atoms with E-state index in [1.54, 1.807) is 11.9 Å². The average Bonchev–Trinajstić information content (AvgIpc) is 2.50. The van der Waals surface area contributed by atoms with Gasteiger partial charge >= 0.3 is 0 Å². The molecule has 70 valence electrons. The lowest BCUT2D eigenvalue weighted by Gasteiger charge is -2.00. The highest BCUT2D eigenvalue weighted by Crippen LogP contribution is 2.25. The van der Waals surface area contributed by atoms with E-state index in [1.165, 1.54) is 0 Å². The highest BCUT2D eigenvalue weighted by Gasteiger charge is 2.03. The number of aromatic nitrogens is 1. The second kappa shape index (κ2) is 4.92. The van der Waals surface area contributed by atoms with Crippen molar-refractivity contribution in [2.75, 3.05) is 6.26 Å². The lowest BCUT2D eigenvalue weighted by atomic mass is 10.3. The first-order chi connectivity index (χ1) is 6.33. The first-order valence-electron chi connectivity index (χ1n) is 4.20. The second-order valence-corrected chi connectivity index (χ2v) is 3.25. The standard InChI is InChI=1S/C10H14N2S/c1-4-6-9-7-8-12(13-3)10(9)11-5-2/h4-8H,1-3H3/b6-4-,11-5-. The van der Waals surface area contributed by atoms with Crippen molar-refractivity contribution in [1.82, 2.24) is 3.97 Å². The molecule has 0 radical (unpaired) electrons. The third-order valence-corrected chi connectivity index (χ3v) is 2.34. The molecule has 0 aliphatic rings. The van der Waals surface area contributed by atoms with Crippen molar-refractivity contribution in [3.8, 4) is 0 Å². The summed E-state index contributed by atoms with van der Waals surface area (Å²) < 4.78 is 2.05. The summed E-state index contributed by atoms with van der Waals surface area (Å²) in [6, 6.07) is 2.07. The molecule has 0 aromatic carbocycles. The lowest BCUT2D eigenvalue weighted by Crippen LogP contribution is -1.81. The summed E-state index contributed by atoms with van der Waals surface area (Å²) in [6.45, 7) is 3.94. The highest BCUT2D eigenvalue weighted by atomic mass is 32.2. The van der Waals surface area contributed by atoms with Crippen LogP contribution in [0.15, 0.2) is 23.3 Å². The average molecular weight is 194 g/mol. The van der Waals surface area contributed by atoms with Gasteiger partial charge in [0.1, 0.15) is 5.82 Å². The van der Waals surface area contributed by atoms with E-state index in [-0.39, 0.29) is 0 Å². The molecule has 0 atom stereocenters. The third-order valence-electron chi connectivity index (χ3n) is 1.65. The van der Waals surface area contributed by atoms with E-state index in [1.807, 2.05) is 38.6 Å². The fourth-order valence-electron chi connectivity index (χ4n) is 1.13. The molecule has 0 aliphatic heterocycles. The smallest absolute Gasteiger partial charge is 0.149 e. The molecule has 1 rings (SSSR count). The molecule has 0 fully saturated rings. The molecule has 0 saturated carbocycles. The van der Waals surface area contributed by atoms with Crippen molar-refractivity contribution in [3.63, 3.8) is 0 Å². The minimum Gasteiger partial charge on any atom is -0.275 e. The summed E-state index contributed by atoms with van der Waals surface area (Å²) in [4.78, 5) is 4.32. The van der Waals surface area contributed by atoms with Crippen LogP contribution in [0.4, 0.5) is 5.82 Å². The van der Waals surface area contributed by atoms with Crippen molar-refractivity contribution in [2.45, 2.75) is 13.8 Å². The van der Waals surface area contributed by atoms with Crippen LogP contribution >= 0.6 is 11.9 Å². The molecule has 13 heavy (non-hydrogen) atoms. The maximum absolute atomic E-state index is 4.32. The summed E-state index contributed by atoms with van der Waals surface area (Å²) in [5.74, 6) is 1.01. The van der Waals surface area contributed by atoms with Crippen LogP contribution in [-0.2, 0) is 0 Å². The summed E-state index contributed by atoms with van der Waals surface area (Å²) in [7, 11) is 0. The Morgan fingerprint density at radius 1 is 1.46 bits per heavy atom. The van der Waals surface area contributed by atoms with Gasteiger partial charge in [0.25, 0.3) is 0 Å². The van der Waals surface area contributed by atoms with Crippen LogP contribution in [0.2, 0.25) is 0 Å². The van der Waals surface area contributed by atoms with Crippen LogP contribution in [-0.4, -0.2) is 16.4 Å². The molecule has 2 nitrogen and oxygen atoms in total. The highest BCUT2D eigenvalue weighted by molar-refractivity contribution is 7.97. The Hall–Kier alpha value is -0.960. The lowest BCUT2D eigenvalue weighted by molar-refractivity contribution is 1.25. The Labute approximate surface area is 83.5 Å². The summed E-state index contributed by atoms with van der Waals surface area (Å²) in [6.07, 6.45) is 9.97. The zero-order valence-corrected chi connectivity index (χ0v) is 9.01. The fraction of sp³-hybridized carbons (Fsp3) is 0.300. The Balaban J connectivity index is 3.13. The quantitative estimate of drug-likeness (QED) is 0.674. The zero-order chi connectivity index (χ0) is 9.68. The first-order valence-corrected chi connectivity index (χ1v) is 5.38. The number of hydrogen-bond donors (Lipinski definition) is 0. The van der Waals surface area contributed by atoms with E-state index in [4.69, 9.17) is 0 Å². The Bertz CT molecular complexity index is 324. The first kappa shape index (κ1) is 10.1. The van der Waals surface area contributed by atoms with Gasteiger partial charge in [-0.1, -0.05) is 12.2 Å². The van der Waals surface area contributed by atoms with Gasteiger partial charge in [0, 0.05) is 24.2 Å². The van der Waals surface area contributed by atoms with Gasteiger partial charge in [0.15, 0.2) is 0 Å². The van der Waals surface area contributed by atoms with E-state index in [2.05, 4.69) is 21.1 Å². The normalized spacial score (nSPS) is 11.9. The van der Waals surface area contributed by atoms with Crippen LogP contribution in [0, 0.1) is 0 Å². The predicted octanol–water partition coefficient (Wildman–Crippen LogP) is 3.37. The van der Waals surface area contributed by atoms with Crippen molar-refractivity contribution in [3.05, 3.63) is 23.9 Å². The van der Waals surface area contributed by atoms with Gasteiger partial charge in [-0.05, 0) is 31.9 Å². The largest absolute Gasteiger partial charge is 0.275 e. The SMILES string of the molecule is C/C=C\c1ccn(SC)c1/N=C\C. The molecule has 0 saturated heterocycles. The maximum atomic E-state index is 4.32. The molecule has 0 unspecified atom stereocenters. The van der Waals surface area contributed by atoms with Gasteiger partial charge in [0.05, 0.1) is 0 Å². The van der Waals surface area contributed by atoms with E-state index >= 15 is 0 Å². The van der Waals surface area contributed by atoms with Crippen molar-refractivity contribution in [2.24, 2.45) is 4.99 Å². The number of rotatable bonds is 3. The van der Waals surface area contributed by atoms with Gasteiger partial charge in [-0.3, -0.25) is 3.97 Å². The Morgan fingerprint density at radius 3 is 2.77 bits per heavy atom. The molecule has 0 spiro atoms. The summed E-state index contributed by atoms with van der Waals surface area (Å²) in [5, 5.41) is 0. The van der Waals surface area contributed by atoms with Gasteiger partial charge < -0.3 is 0 Å². The Morgan fingerprint density at radius 2 is 2.23 bits per heavy atom. The molecule has 1 aromatic rings. The number of aliphatic imine (C=N–C) groups is 1. The second-order valence-electron chi connectivity index (χ2n) is 2.49. The van der Waals surface area contributed by atoms with Crippen LogP contribution < -0.4 is 0 Å². The molecule has 1 aromatic heterocycles. The van der Waals surface area contributed by atoms with Gasteiger partial charge in [-0.25, -0.2) is 4.99 Å². The number of allylic oxidation sites excluding steroid dienone is 1. The molecule has 0 amide bonds. The monoisotopic (exact) mass is 194 g/mol. The molecule has 0 bridgehead atoms. The van der Waals surface area contributed by atoms with Crippen LogP contribution in [0.5, 0.6) is 0 Å². The molecule has 0 N–H and O–H groups in total. The fourth-order valence-corrected chi connectivity index (χ4v) is 1.64. The molecular formula is C10H14N2S. The molecule has 3 heteroatoms. The zero-order valence-electron chi connectivity index (χ0n) is 8.19. The van der Waals surface area contributed by atoms with Gasteiger partial charge in [-0.15, -0.1) is 0 Å². The maximum Gasteiger partial charge on any atom is 0.149 e. The molecule has 0 aliphatic carbocycles. The van der Waals surface area contributed by atoms with Crippen molar-refractivity contribution >= 4 is 30.1 Å².